The minimum atomic E-state index is -0.162. The van der Waals surface area contributed by atoms with Crippen molar-refractivity contribution in [1.29, 1.82) is 0 Å². The molecule has 18 heavy (non-hydrogen) atoms. The van der Waals surface area contributed by atoms with Crippen molar-refractivity contribution in [2.75, 3.05) is 40.0 Å². The first-order valence-electron chi connectivity index (χ1n) is 6.78. The van der Waals surface area contributed by atoms with Crippen molar-refractivity contribution < 1.29 is 19.0 Å². The van der Waals surface area contributed by atoms with Crippen molar-refractivity contribution in [2.24, 2.45) is 0 Å². The van der Waals surface area contributed by atoms with Crippen molar-refractivity contribution in [1.82, 2.24) is 4.90 Å². The zero-order valence-corrected chi connectivity index (χ0v) is 11.5. The molecule has 0 aromatic carbocycles. The van der Waals surface area contributed by atoms with Gasteiger partial charge in [-0.2, -0.15) is 0 Å². The van der Waals surface area contributed by atoms with Crippen LogP contribution >= 0.6 is 0 Å². The van der Waals surface area contributed by atoms with Crippen LogP contribution in [0.4, 0.5) is 0 Å². The Morgan fingerprint density at radius 1 is 1.39 bits per heavy atom. The molecule has 0 saturated carbocycles. The third-order valence-corrected chi connectivity index (χ3v) is 3.16. The highest BCUT2D eigenvalue weighted by molar-refractivity contribution is 5.69. The minimum Gasteiger partial charge on any atom is -0.469 e. The number of rotatable bonds is 8. The molecule has 0 bridgehead atoms. The van der Waals surface area contributed by atoms with Gasteiger partial charge in [-0.25, -0.2) is 0 Å². The lowest BCUT2D eigenvalue weighted by atomic mass is 10.2. The second-order valence-corrected chi connectivity index (χ2v) is 4.43. The number of carbonyl (C=O) groups is 1. The maximum absolute atomic E-state index is 11.1. The van der Waals surface area contributed by atoms with Crippen molar-refractivity contribution in [2.45, 2.75) is 38.9 Å². The summed E-state index contributed by atoms with van der Waals surface area (Å²) in [5, 5.41) is 0. The Kier molecular flexibility index (Phi) is 7.96. The quantitative estimate of drug-likeness (QED) is 0.617. The lowest BCUT2D eigenvalue weighted by Gasteiger charge is -2.25. The summed E-state index contributed by atoms with van der Waals surface area (Å²) in [4.78, 5) is 13.2. The summed E-state index contributed by atoms with van der Waals surface area (Å²) in [6, 6.07) is 0. The van der Waals surface area contributed by atoms with Gasteiger partial charge in [0, 0.05) is 19.7 Å². The van der Waals surface area contributed by atoms with E-state index >= 15 is 0 Å². The Morgan fingerprint density at radius 2 is 2.22 bits per heavy atom. The number of nitrogens with zero attached hydrogens (tertiary/aromatic N) is 1. The zero-order valence-electron chi connectivity index (χ0n) is 11.5. The summed E-state index contributed by atoms with van der Waals surface area (Å²) in [5.41, 5.74) is 0. The molecule has 1 fully saturated rings. The summed E-state index contributed by atoms with van der Waals surface area (Å²) in [5.74, 6) is -0.162. The molecule has 0 N–H and O–H groups in total. The number of methoxy groups -OCH3 is 1. The van der Waals surface area contributed by atoms with Gasteiger partial charge in [-0.05, 0) is 25.8 Å². The third-order valence-electron chi connectivity index (χ3n) is 3.16. The first kappa shape index (κ1) is 15.4. The van der Waals surface area contributed by atoms with E-state index in [0.29, 0.717) is 13.0 Å². The van der Waals surface area contributed by atoms with E-state index in [1.165, 1.54) is 13.5 Å². The van der Waals surface area contributed by atoms with Crippen LogP contribution in [0, 0.1) is 0 Å². The normalized spacial score (nSPS) is 20.1. The molecule has 1 atom stereocenters. The molecule has 1 aliphatic rings. The van der Waals surface area contributed by atoms with E-state index in [1.54, 1.807) is 0 Å². The standard InChI is InChI=1S/C13H25NO4/c1-3-14(8-7-12(15)16-2)9-11-18-13-6-4-5-10-17-13/h13H,3-11H2,1-2H3. The molecule has 5 nitrogen and oxygen atoms in total. The number of ether oxygens (including phenoxy) is 3. The topological polar surface area (TPSA) is 48.0 Å². The van der Waals surface area contributed by atoms with Crippen molar-refractivity contribution in [3.05, 3.63) is 0 Å². The molecule has 1 heterocycles. The van der Waals surface area contributed by atoms with Gasteiger partial charge in [0.15, 0.2) is 6.29 Å². The van der Waals surface area contributed by atoms with Crippen LogP contribution in [0.3, 0.4) is 0 Å². The molecule has 0 aromatic heterocycles. The van der Waals surface area contributed by atoms with E-state index < -0.39 is 0 Å². The first-order chi connectivity index (χ1) is 8.76. The summed E-state index contributed by atoms with van der Waals surface area (Å²) >= 11 is 0. The molecular formula is C13H25NO4. The van der Waals surface area contributed by atoms with Crippen molar-refractivity contribution >= 4 is 5.97 Å². The van der Waals surface area contributed by atoms with Gasteiger partial charge in [0.25, 0.3) is 0 Å². The smallest absolute Gasteiger partial charge is 0.306 e. The predicted octanol–water partition coefficient (Wildman–Crippen LogP) is 1.41. The van der Waals surface area contributed by atoms with Gasteiger partial charge in [-0.3, -0.25) is 4.79 Å². The Labute approximate surface area is 109 Å². The summed E-state index contributed by atoms with van der Waals surface area (Å²) in [7, 11) is 1.42. The lowest BCUT2D eigenvalue weighted by molar-refractivity contribution is -0.164. The van der Waals surface area contributed by atoms with Gasteiger partial charge in [-0.15, -0.1) is 0 Å². The SMILES string of the molecule is CCN(CCOC1CCCCO1)CCC(=O)OC. The van der Waals surface area contributed by atoms with Crippen LogP contribution in [0.15, 0.2) is 0 Å². The first-order valence-corrected chi connectivity index (χ1v) is 6.78. The molecule has 0 aliphatic carbocycles. The second-order valence-electron chi connectivity index (χ2n) is 4.43. The van der Waals surface area contributed by atoms with Crippen LogP contribution in [-0.4, -0.2) is 57.1 Å². The number of likely N-dealkylation sites (N-methyl/N-ethyl adjacent to an activating group) is 1. The van der Waals surface area contributed by atoms with Gasteiger partial charge in [0.1, 0.15) is 0 Å². The van der Waals surface area contributed by atoms with Crippen LogP contribution in [0.25, 0.3) is 0 Å². The molecule has 1 unspecified atom stereocenters. The van der Waals surface area contributed by atoms with E-state index in [9.17, 15) is 4.79 Å². The van der Waals surface area contributed by atoms with E-state index in [4.69, 9.17) is 9.47 Å². The molecule has 106 valence electrons. The monoisotopic (exact) mass is 259 g/mol. The van der Waals surface area contributed by atoms with E-state index in [2.05, 4.69) is 16.6 Å². The lowest BCUT2D eigenvalue weighted by Crippen LogP contribution is -2.32. The molecule has 0 aromatic rings. The van der Waals surface area contributed by atoms with E-state index in [-0.39, 0.29) is 12.3 Å². The predicted molar refractivity (Wildman–Crippen MR) is 68.3 cm³/mol. The minimum absolute atomic E-state index is 0.0296. The molecule has 5 heteroatoms. The Morgan fingerprint density at radius 3 is 2.83 bits per heavy atom. The van der Waals surface area contributed by atoms with Gasteiger partial charge in [-0.1, -0.05) is 6.92 Å². The Bertz CT molecular complexity index is 229. The number of hydrogen-bond acceptors (Lipinski definition) is 5. The summed E-state index contributed by atoms with van der Waals surface area (Å²) < 4.78 is 15.8. The van der Waals surface area contributed by atoms with Gasteiger partial charge < -0.3 is 19.1 Å². The number of carbonyl (C=O) groups excluding carboxylic acids is 1. The van der Waals surface area contributed by atoms with E-state index in [0.717, 1.165) is 39.1 Å². The molecule has 1 aliphatic heterocycles. The average molecular weight is 259 g/mol. The zero-order chi connectivity index (χ0) is 13.2. The van der Waals surface area contributed by atoms with Crippen LogP contribution in [0.1, 0.15) is 32.6 Å². The van der Waals surface area contributed by atoms with Crippen LogP contribution < -0.4 is 0 Å². The molecule has 0 spiro atoms. The molecule has 1 saturated heterocycles. The maximum Gasteiger partial charge on any atom is 0.306 e. The number of esters is 1. The average Bonchev–Trinajstić information content (AvgIpc) is 2.43. The van der Waals surface area contributed by atoms with Crippen LogP contribution in [0.2, 0.25) is 0 Å². The fourth-order valence-corrected chi connectivity index (χ4v) is 1.94. The van der Waals surface area contributed by atoms with Gasteiger partial charge in [0.2, 0.25) is 0 Å². The highest BCUT2D eigenvalue weighted by atomic mass is 16.7. The number of hydrogen-bond donors (Lipinski definition) is 0. The van der Waals surface area contributed by atoms with Gasteiger partial charge in [0.05, 0.1) is 20.1 Å². The van der Waals surface area contributed by atoms with Gasteiger partial charge >= 0.3 is 5.97 Å². The second kappa shape index (κ2) is 9.30. The Balaban J connectivity index is 2.08. The molecule has 0 amide bonds. The summed E-state index contributed by atoms with van der Waals surface area (Å²) in [6.07, 6.45) is 3.72. The van der Waals surface area contributed by atoms with Crippen LogP contribution in [-0.2, 0) is 19.0 Å². The molecular weight excluding hydrogens is 234 g/mol. The fraction of sp³-hybridized carbons (Fsp3) is 0.923. The molecule has 1 rings (SSSR count). The van der Waals surface area contributed by atoms with Crippen molar-refractivity contribution in [3.63, 3.8) is 0 Å². The fourth-order valence-electron chi connectivity index (χ4n) is 1.94. The van der Waals surface area contributed by atoms with Crippen molar-refractivity contribution in [3.8, 4) is 0 Å². The maximum atomic E-state index is 11.1. The highest BCUT2D eigenvalue weighted by Crippen LogP contribution is 2.13. The molecule has 0 radical (unpaired) electrons. The Hall–Kier alpha value is -0.650. The highest BCUT2D eigenvalue weighted by Gasteiger charge is 2.14. The largest absolute Gasteiger partial charge is 0.469 e. The van der Waals surface area contributed by atoms with E-state index in [1.807, 2.05) is 0 Å². The summed E-state index contributed by atoms with van der Waals surface area (Å²) in [6.45, 7) is 6.00. The third kappa shape index (κ3) is 6.33. The van der Waals surface area contributed by atoms with Crippen LogP contribution in [0.5, 0.6) is 0 Å².